The van der Waals surface area contributed by atoms with E-state index >= 15 is 0 Å². The number of nitrogens with zero attached hydrogens (tertiary/aromatic N) is 3. The lowest BCUT2D eigenvalue weighted by molar-refractivity contribution is 0.0984. The van der Waals surface area contributed by atoms with E-state index in [4.69, 9.17) is 0 Å². The van der Waals surface area contributed by atoms with Crippen molar-refractivity contribution in [1.82, 2.24) is 14.5 Å². The molecule has 0 aliphatic rings. The van der Waals surface area contributed by atoms with Crippen LogP contribution >= 0.6 is 0 Å². The van der Waals surface area contributed by atoms with Crippen LogP contribution in [-0.4, -0.2) is 20.3 Å². The number of Topliss-reactive ketones (excluding diaryl/α,β-unsaturated/α-hetero) is 1. The van der Waals surface area contributed by atoms with Gasteiger partial charge in [0, 0.05) is 25.6 Å². The SMILES string of the molecule is Cc1cnc(C(=O)Cc2nccn2C)c(C)c1. The normalized spacial score (nSPS) is 10.5. The Kier molecular flexibility index (Phi) is 3.04. The van der Waals surface area contributed by atoms with Crippen molar-refractivity contribution < 1.29 is 4.79 Å². The van der Waals surface area contributed by atoms with Gasteiger partial charge in [0.15, 0.2) is 5.78 Å². The van der Waals surface area contributed by atoms with Crippen molar-refractivity contribution in [3.05, 3.63) is 47.3 Å². The van der Waals surface area contributed by atoms with Crippen LogP contribution in [0.1, 0.15) is 27.4 Å². The van der Waals surface area contributed by atoms with E-state index in [2.05, 4.69) is 9.97 Å². The number of carbonyl (C=O) groups excluding carboxylic acids is 1. The molecule has 2 aromatic heterocycles. The number of aryl methyl sites for hydroxylation is 3. The monoisotopic (exact) mass is 229 g/mol. The maximum absolute atomic E-state index is 12.1. The second kappa shape index (κ2) is 4.49. The number of ketones is 1. The van der Waals surface area contributed by atoms with Crippen LogP contribution in [0.5, 0.6) is 0 Å². The van der Waals surface area contributed by atoms with Gasteiger partial charge in [0.05, 0.1) is 6.42 Å². The Morgan fingerprint density at radius 1 is 1.35 bits per heavy atom. The quantitative estimate of drug-likeness (QED) is 0.755. The maximum atomic E-state index is 12.1. The summed E-state index contributed by atoms with van der Waals surface area (Å²) in [6, 6.07) is 1.97. The van der Waals surface area contributed by atoms with Crippen LogP contribution in [0.2, 0.25) is 0 Å². The molecular formula is C13H15N3O. The Morgan fingerprint density at radius 3 is 2.71 bits per heavy atom. The maximum Gasteiger partial charge on any atom is 0.188 e. The number of imidazole rings is 1. The number of pyridine rings is 1. The molecule has 0 saturated heterocycles. The van der Waals surface area contributed by atoms with Crippen LogP contribution < -0.4 is 0 Å². The molecule has 0 bridgehead atoms. The summed E-state index contributed by atoms with van der Waals surface area (Å²) >= 11 is 0. The second-order valence-corrected chi connectivity index (χ2v) is 4.23. The Morgan fingerprint density at radius 2 is 2.12 bits per heavy atom. The highest BCUT2D eigenvalue weighted by Crippen LogP contribution is 2.10. The highest BCUT2D eigenvalue weighted by Gasteiger charge is 2.13. The molecule has 0 aliphatic carbocycles. The zero-order chi connectivity index (χ0) is 12.4. The van der Waals surface area contributed by atoms with E-state index in [0.29, 0.717) is 12.1 Å². The van der Waals surface area contributed by atoms with Gasteiger partial charge in [-0.25, -0.2) is 4.98 Å². The average molecular weight is 229 g/mol. The van der Waals surface area contributed by atoms with Gasteiger partial charge < -0.3 is 4.57 Å². The number of hydrogen-bond acceptors (Lipinski definition) is 3. The topological polar surface area (TPSA) is 47.8 Å². The largest absolute Gasteiger partial charge is 0.338 e. The van der Waals surface area contributed by atoms with Gasteiger partial charge in [0.2, 0.25) is 0 Å². The first-order valence-corrected chi connectivity index (χ1v) is 5.50. The third-order valence-electron chi connectivity index (χ3n) is 2.72. The molecule has 2 rings (SSSR count). The predicted octanol–water partition coefficient (Wildman–Crippen LogP) is 1.86. The van der Waals surface area contributed by atoms with Crippen molar-refractivity contribution in [2.24, 2.45) is 7.05 Å². The summed E-state index contributed by atoms with van der Waals surface area (Å²) in [7, 11) is 1.88. The Balaban J connectivity index is 2.23. The molecule has 0 spiro atoms. The summed E-state index contributed by atoms with van der Waals surface area (Å²) in [5, 5.41) is 0. The van der Waals surface area contributed by atoms with Crippen LogP contribution in [0.4, 0.5) is 0 Å². The zero-order valence-corrected chi connectivity index (χ0v) is 10.3. The van der Waals surface area contributed by atoms with E-state index in [9.17, 15) is 4.79 Å². The summed E-state index contributed by atoms with van der Waals surface area (Å²) in [5.74, 6) is 0.772. The molecule has 0 fully saturated rings. The second-order valence-electron chi connectivity index (χ2n) is 4.23. The van der Waals surface area contributed by atoms with Gasteiger partial charge in [-0.2, -0.15) is 0 Å². The minimum atomic E-state index is 0.0109. The third kappa shape index (κ3) is 2.41. The first kappa shape index (κ1) is 11.5. The van der Waals surface area contributed by atoms with Crippen LogP contribution in [0, 0.1) is 13.8 Å². The highest BCUT2D eigenvalue weighted by atomic mass is 16.1. The fourth-order valence-electron chi connectivity index (χ4n) is 1.80. The molecule has 2 heterocycles. The predicted molar refractivity (Wildman–Crippen MR) is 65.0 cm³/mol. The Hall–Kier alpha value is -1.97. The van der Waals surface area contributed by atoms with Crippen molar-refractivity contribution in [3.63, 3.8) is 0 Å². The van der Waals surface area contributed by atoms with E-state index in [1.807, 2.05) is 37.7 Å². The number of carbonyl (C=O) groups is 1. The summed E-state index contributed by atoms with van der Waals surface area (Å²) in [6.07, 6.45) is 5.54. The van der Waals surface area contributed by atoms with Crippen molar-refractivity contribution in [2.75, 3.05) is 0 Å². The lowest BCUT2D eigenvalue weighted by atomic mass is 10.1. The molecule has 0 aliphatic heterocycles. The number of hydrogen-bond donors (Lipinski definition) is 0. The van der Waals surface area contributed by atoms with Crippen LogP contribution in [0.3, 0.4) is 0 Å². The highest BCUT2D eigenvalue weighted by molar-refractivity contribution is 5.96. The zero-order valence-electron chi connectivity index (χ0n) is 10.3. The number of rotatable bonds is 3. The van der Waals surface area contributed by atoms with E-state index < -0.39 is 0 Å². The molecule has 0 radical (unpaired) electrons. The fourth-order valence-corrected chi connectivity index (χ4v) is 1.80. The Labute approximate surface area is 100 Å². The first-order valence-electron chi connectivity index (χ1n) is 5.50. The van der Waals surface area contributed by atoms with E-state index in [-0.39, 0.29) is 5.78 Å². The van der Waals surface area contributed by atoms with Gasteiger partial charge >= 0.3 is 0 Å². The summed E-state index contributed by atoms with van der Waals surface area (Å²) in [5.41, 5.74) is 2.53. The standard InChI is InChI=1S/C13H15N3O/c1-9-6-10(2)13(15-8-9)11(17)7-12-14-4-5-16(12)3/h4-6,8H,7H2,1-3H3. The summed E-state index contributed by atoms with van der Waals surface area (Å²) in [6.45, 7) is 3.87. The van der Waals surface area contributed by atoms with Crippen molar-refractivity contribution in [3.8, 4) is 0 Å². The molecule has 2 aromatic rings. The van der Waals surface area contributed by atoms with Gasteiger partial charge in [0.25, 0.3) is 0 Å². The Bertz CT molecular complexity index is 558. The van der Waals surface area contributed by atoms with Crippen LogP contribution in [0.15, 0.2) is 24.7 Å². The fraction of sp³-hybridized carbons (Fsp3) is 0.308. The molecule has 0 N–H and O–H groups in total. The van der Waals surface area contributed by atoms with Gasteiger partial charge in [-0.3, -0.25) is 9.78 Å². The molecular weight excluding hydrogens is 214 g/mol. The lowest BCUT2D eigenvalue weighted by Crippen LogP contribution is -2.11. The third-order valence-corrected chi connectivity index (χ3v) is 2.72. The van der Waals surface area contributed by atoms with E-state index in [1.165, 1.54) is 0 Å². The molecule has 0 atom stereocenters. The molecule has 0 saturated carbocycles. The molecule has 88 valence electrons. The lowest BCUT2D eigenvalue weighted by Gasteiger charge is -2.05. The van der Waals surface area contributed by atoms with E-state index in [1.54, 1.807) is 12.4 Å². The molecule has 0 unspecified atom stereocenters. The minimum absolute atomic E-state index is 0.0109. The molecule has 4 heteroatoms. The van der Waals surface area contributed by atoms with Crippen molar-refractivity contribution >= 4 is 5.78 Å². The van der Waals surface area contributed by atoms with Gasteiger partial charge in [-0.15, -0.1) is 0 Å². The molecule has 17 heavy (non-hydrogen) atoms. The van der Waals surface area contributed by atoms with Crippen LogP contribution in [-0.2, 0) is 13.5 Å². The summed E-state index contributed by atoms with van der Waals surface area (Å²) in [4.78, 5) is 20.4. The average Bonchev–Trinajstić information content (AvgIpc) is 2.64. The minimum Gasteiger partial charge on any atom is -0.338 e. The molecule has 4 nitrogen and oxygen atoms in total. The molecule has 0 aromatic carbocycles. The van der Waals surface area contributed by atoms with Gasteiger partial charge in [-0.05, 0) is 25.0 Å². The van der Waals surface area contributed by atoms with Crippen molar-refractivity contribution in [1.29, 1.82) is 0 Å². The van der Waals surface area contributed by atoms with Crippen molar-refractivity contribution in [2.45, 2.75) is 20.3 Å². The summed E-state index contributed by atoms with van der Waals surface area (Å²) < 4.78 is 1.85. The van der Waals surface area contributed by atoms with Gasteiger partial charge in [0.1, 0.15) is 11.5 Å². The smallest absolute Gasteiger partial charge is 0.188 e. The van der Waals surface area contributed by atoms with Crippen LogP contribution in [0.25, 0.3) is 0 Å². The molecule has 0 amide bonds. The number of aromatic nitrogens is 3. The first-order chi connectivity index (χ1) is 8.08. The van der Waals surface area contributed by atoms with Gasteiger partial charge in [-0.1, -0.05) is 6.07 Å². The van der Waals surface area contributed by atoms with E-state index in [0.717, 1.165) is 17.0 Å².